The summed E-state index contributed by atoms with van der Waals surface area (Å²) in [6, 6.07) is 6.10. The first-order chi connectivity index (χ1) is 10.7. The molecule has 2 aromatic heterocycles. The monoisotopic (exact) mass is 297 g/mol. The van der Waals surface area contributed by atoms with Crippen LogP contribution < -0.4 is 5.32 Å². The zero-order valence-corrected chi connectivity index (χ0v) is 12.6. The van der Waals surface area contributed by atoms with Crippen LogP contribution in [-0.2, 0) is 6.54 Å². The fourth-order valence-corrected chi connectivity index (χ4v) is 2.81. The van der Waals surface area contributed by atoms with Crippen molar-refractivity contribution in [3.8, 4) is 0 Å². The first-order valence-corrected chi connectivity index (χ1v) is 7.44. The second kappa shape index (κ2) is 6.62. The molecular formula is C16H19N5O. The molecule has 0 saturated carbocycles. The topological polar surface area (TPSA) is 71.0 Å². The number of likely N-dealkylation sites (tertiary alicyclic amines) is 1. The van der Waals surface area contributed by atoms with Gasteiger partial charge < -0.3 is 5.32 Å². The van der Waals surface area contributed by atoms with Gasteiger partial charge in [-0.05, 0) is 55.8 Å². The molecule has 2 aromatic rings. The number of aromatic nitrogens is 3. The van der Waals surface area contributed by atoms with Crippen molar-refractivity contribution in [3.05, 3.63) is 53.6 Å². The fourth-order valence-electron chi connectivity index (χ4n) is 2.81. The van der Waals surface area contributed by atoms with Crippen molar-refractivity contribution in [1.29, 1.82) is 0 Å². The van der Waals surface area contributed by atoms with Crippen LogP contribution in [0.2, 0.25) is 0 Å². The molecule has 6 heteroatoms. The highest BCUT2D eigenvalue weighted by Gasteiger charge is 2.23. The first-order valence-electron chi connectivity index (χ1n) is 7.44. The lowest BCUT2D eigenvalue weighted by Crippen LogP contribution is -2.24. The number of carbonyl (C=O) groups is 1. The summed E-state index contributed by atoms with van der Waals surface area (Å²) in [5.74, 6) is -0.167. The summed E-state index contributed by atoms with van der Waals surface area (Å²) in [4.78, 5) is 18.8. The van der Waals surface area contributed by atoms with Gasteiger partial charge in [0.1, 0.15) is 5.69 Å². The minimum Gasteiger partial charge on any atom is -0.347 e. The molecule has 114 valence electrons. The standard InChI is InChI=1S/C16H19N5O/c1-21-8-2-3-15(21)13-5-6-17-14(9-13)16(22)18-10-12-4-7-19-20-11-12/h4-7,9,11,15H,2-3,8,10H2,1H3,(H,18,22). The van der Waals surface area contributed by atoms with Crippen LogP contribution in [-0.4, -0.2) is 39.6 Å². The van der Waals surface area contributed by atoms with Crippen LogP contribution in [0.25, 0.3) is 0 Å². The van der Waals surface area contributed by atoms with Crippen molar-refractivity contribution in [3.63, 3.8) is 0 Å². The third-order valence-electron chi connectivity index (χ3n) is 4.02. The maximum Gasteiger partial charge on any atom is 0.270 e. The van der Waals surface area contributed by atoms with Gasteiger partial charge >= 0.3 is 0 Å². The summed E-state index contributed by atoms with van der Waals surface area (Å²) in [7, 11) is 2.12. The zero-order chi connectivity index (χ0) is 15.4. The van der Waals surface area contributed by atoms with Gasteiger partial charge in [-0.2, -0.15) is 10.2 Å². The summed E-state index contributed by atoms with van der Waals surface area (Å²) in [5, 5.41) is 10.4. The van der Waals surface area contributed by atoms with Gasteiger partial charge in [0.05, 0.1) is 6.20 Å². The molecule has 6 nitrogen and oxygen atoms in total. The van der Waals surface area contributed by atoms with Crippen LogP contribution in [0.15, 0.2) is 36.8 Å². The molecule has 1 aliphatic rings. The number of pyridine rings is 1. The number of hydrogen-bond acceptors (Lipinski definition) is 5. The Hall–Kier alpha value is -2.34. The van der Waals surface area contributed by atoms with Crippen LogP contribution in [0.3, 0.4) is 0 Å². The molecule has 0 aliphatic carbocycles. The Labute approximate surface area is 129 Å². The lowest BCUT2D eigenvalue weighted by atomic mass is 10.1. The number of rotatable bonds is 4. The lowest BCUT2D eigenvalue weighted by molar-refractivity contribution is 0.0945. The molecule has 0 bridgehead atoms. The number of carbonyl (C=O) groups excluding carboxylic acids is 1. The largest absolute Gasteiger partial charge is 0.347 e. The molecule has 3 rings (SSSR count). The Morgan fingerprint density at radius 3 is 3.00 bits per heavy atom. The van der Waals surface area contributed by atoms with Gasteiger partial charge in [0.2, 0.25) is 0 Å². The van der Waals surface area contributed by atoms with Crippen molar-refractivity contribution in [1.82, 2.24) is 25.4 Å². The molecule has 0 aromatic carbocycles. The van der Waals surface area contributed by atoms with Gasteiger partial charge in [-0.1, -0.05) is 0 Å². The van der Waals surface area contributed by atoms with Crippen molar-refractivity contribution >= 4 is 5.91 Å². The SMILES string of the molecule is CN1CCCC1c1ccnc(C(=O)NCc2ccnnc2)c1. The normalized spacial score (nSPS) is 18.3. The van der Waals surface area contributed by atoms with Crippen molar-refractivity contribution in [2.45, 2.75) is 25.4 Å². The third-order valence-corrected chi connectivity index (χ3v) is 4.02. The Kier molecular flexibility index (Phi) is 4.39. The average Bonchev–Trinajstić information content (AvgIpc) is 3.00. The smallest absolute Gasteiger partial charge is 0.270 e. The summed E-state index contributed by atoms with van der Waals surface area (Å²) >= 11 is 0. The van der Waals surface area contributed by atoms with Gasteiger partial charge in [-0.15, -0.1) is 0 Å². The van der Waals surface area contributed by atoms with Gasteiger partial charge in [0, 0.05) is 25.0 Å². The number of nitrogens with one attached hydrogen (secondary N) is 1. The second-order valence-electron chi connectivity index (χ2n) is 5.55. The van der Waals surface area contributed by atoms with Crippen LogP contribution in [0, 0.1) is 0 Å². The molecule has 1 amide bonds. The highest BCUT2D eigenvalue weighted by molar-refractivity contribution is 5.92. The minimum atomic E-state index is -0.167. The molecule has 1 aliphatic heterocycles. The van der Waals surface area contributed by atoms with E-state index in [1.807, 2.05) is 18.2 Å². The molecule has 0 radical (unpaired) electrons. The van der Waals surface area contributed by atoms with E-state index in [0.29, 0.717) is 18.3 Å². The van der Waals surface area contributed by atoms with E-state index in [-0.39, 0.29) is 5.91 Å². The Morgan fingerprint density at radius 2 is 2.27 bits per heavy atom. The van der Waals surface area contributed by atoms with E-state index < -0.39 is 0 Å². The van der Waals surface area contributed by atoms with E-state index in [2.05, 4.69) is 32.4 Å². The molecule has 1 saturated heterocycles. The van der Waals surface area contributed by atoms with E-state index >= 15 is 0 Å². The van der Waals surface area contributed by atoms with E-state index in [1.165, 1.54) is 6.42 Å². The molecule has 22 heavy (non-hydrogen) atoms. The number of amides is 1. The molecule has 1 fully saturated rings. The van der Waals surface area contributed by atoms with Crippen LogP contribution in [0.5, 0.6) is 0 Å². The predicted octanol–water partition coefficient (Wildman–Crippen LogP) is 1.57. The van der Waals surface area contributed by atoms with E-state index in [1.54, 1.807) is 18.6 Å². The first kappa shape index (κ1) is 14.6. The maximum absolute atomic E-state index is 12.2. The van der Waals surface area contributed by atoms with Crippen molar-refractivity contribution in [2.24, 2.45) is 0 Å². The lowest BCUT2D eigenvalue weighted by Gasteiger charge is -2.19. The molecular weight excluding hydrogens is 278 g/mol. The Bertz CT molecular complexity index is 646. The molecule has 0 spiro atoms. The Balaban J connectivity index is 1.67. The van der Waals surface area contributed by atoms with Crippen LogP contribution in [0.1, 0.15) is 40.5 Å². The van der Waals surface area contributed by atoms with E-state index in [4.69, 9.17) is 0 Å². The molecule has 1 unspecified atom stereocenters. The van der Waals surface area contributed by atoms with Gasteiger partial charge in [0.25, 0.3) is 5.91 Å². The van der Waals surface area contributed by atoms with Crippen molar-refractivity contribution in [2.75, 3.05) is 13.6 Å². The van der Waals surface area contributed by atoms with Gasteiger partial charge in [-0.25, -0.2) is 0 Å². The highest BCUT2D eigenvalue weighted by Crippen LogP contribution is 2.30. The average molecular weight is 297 g/mol. The second-order valence-corrected chi connectivity index (χ2v) is 5.55. The van der Waals surface area contributed by atoms with Crippen molar-refractivity contribution < 1.29 is 4.79 Å². The predicted molar refractivity (Wildman–Crippen MR) is 82.0 cm³/mol. The summed E-state index contributed by atoms with van der Waals surface area (Å²) in [5.41, 5.74) is 2.53. The van der Waals surface area contributed by atoms with Crippen LogP contribution in [0.4, 0.5) is 0 Å². The summed E-state index contributed by atoms with van der Waals surface area (Å²) in [6.45, 7) is 1.52. The maximum atomic E-state index is 12.2. The van der Waals surface area contributed by atoms with Crippen LogP contribution >= 0.6 is 0 Å². The fraction of sp³-hybridized carbons (Fsp3) is 0.375. The van der Waals surface area contributed by atoms with E-state index in [9.17, 15) is 4.79 Å². The van der Waals surface area contributed by atoms with E-state index in [0.717, 1.165) is 24.1 Å². The number of hydrogen-bond donors (Lipinski definition) is 1. The Morgan fingerprint density at radius 1 is 1.36 bits per heavy atom. The third kappa shape index (κ3) is 3.28. The summed E-state index contributed by atoms with van der Waals surface area (Å²) in [6.07, 6.45) is 7.28. The quantitative estimate of drug-likeness (QED) is 0.927. The molecule has 1 N–H and O–H groups in total. The zero-order valence-electron chi connectivity index (χ0n) is 12.6. The highest BCUT2D eigenvalue weighted by atomic mass is 16.1. The van der Waals surface area contributed by atoms with Gasteiger partial charge in [0.15, 0.2) is 0 Å². The van der Waals surface area contributed by atoms with Gasteiger partial charge in [-0.3, -0.25) is 14.7 Å². The minimum absolute atomic E-state index is 0.167. The summed E-state index contributed by atoms with van der Waals surface area (Å²) < 4.78 is 0. The molecule has 3 heterocycles. The number of nitrogens with zero attached hydrogens (tertiary/aromatic N) is 4. The molecule has 1 atom stereocenters.